The van der Waals surface area contributed by atoms with Crippen LogP contribution in [-0.4, -0.2) is 41.7 Å². The van der Waals surface area contributed by atoms with Crippen LogP contribution in [0.1, 0.15) is 47.5 Å². The Kier molecular flexibility index (Phi) is 6.17. The number of aliphatic carboxylic acids is 2. The van der Waals surface area contributed by atoms with Gasteiger partial charge in [0.05, 0.1) is 11.8 Å². The molecule has 0 amide bonds. The molecule has 1 unspecified atom stereocenters. The van der Waals surface area contributed by atoms with Crippen molar-refractivity contribution < 1.29 is 29.3 Å². The Balaban J connectivity index is 5.70. The van der Waals surface area contributed by atoms with Crippen molar-refractivity contribution in [1.82, 2.24) is 0 Å². The van der Waals surface area contributed by atoms with Crippen molar-refractivity contribution in [2.75, 3.05) is 13.7 Å². The van der Waals surface area contributed by atoms with Gasteiger partial charge in [0.15, 0.2) is 5.79 Å². The van der Waals surface area contributed by atoms with Gasteiger partial charge in [0.2, 0.25) is 0 Å². The second-order valence-electron chi connectivity index (χ2n) is 5.84. The van der Waals surface area contributed by atoms with Crippen LogP contribution < -0.4 is 0 Å². The fraction of sp³-hybridized carbons (Fsp3) is 0.857. The molecule has 0 saturated carbocycles. The summed E-state index contributed by atoms with van der Waals surface area (Å²) >= 11 is 0. The van der Waals surface area contributed by atoms with E-state index in [4.69, 9.17) is 14.6 Å². The number of hydrogen-bond donors (Lipinski definition) is 2. The molecule has 0 aliphatic rings. The number of carbonyl (C=O) groups is 2. The van der Waals surface area contributed by atoms with E-state index in [1.807, 2.05) is 0 Å². The minimum atomic E-state index is -1.28. The molecule has 6 heteroatoms. The Morgan fingerprint density at radius 1 is 1.10 bits per heavy atom. The van der Waals surface area contributed by atoms with Crippen LogP contribution in [0.4, 0.5) is 0 Å². The highest BCUT2D eigenvalue weighted by Crippen LogP contribution is 2.51. The number of carboxylic acids is 2. The number of rotatable bonds is 9. The quantitative estimate of drug-likeness (QED) is 0.633. The molecule has 0 aromatic rings. The van der Waals surface area contributed by atoms with Gasteiger partial charge >= 0.3 is 11.9 Å². The highest BCUT2D eigenvalue weighted by Gasteiger charge is 2.58. The van der Waals surface area contributed by atoms with Crippen LogP contribution in [0, 0.1) is 10.8 Å². The van der Waals surface area contributed by atoms with Crippen molar-refractivity contribution in [3.63, 3.8) is 0 Å². The van der Waals surface area contributed by atoms with E-state index in [2.05, 4.69) is 0 Å². The molecular weight excluding hydrogens is 264 g/mol. The third-order valence-electron chi connectivity index (χ3n) is 4.42. The van der Waals surface area contributed by atoms with Crippen LogP contribution in [0.5, 0.6) is 0 Å². The fourth-order valence-electron chi connectivity index (χ4n) is 2.23. The van der Waals surface area contributed by atoms with Crippen molar-refractivity contribution >= 4 is 11.9 Å². The minimum Gasteiger partial charge on any atom is -0.481 e. The molecule has 118 valence electrons. The molecule has 0 aromatic heterocycles. The van der Waals surface area contributed by atoms with Gasteiger partial charge in [-0.2, -0.15) is 0 Å². The number of methoxy groups -OCH3 is 1. The van der Waals surface area contributed by atoms with Crippen molar-refractivity contribution in [2.45, 2.75) is 53.2 Å². The van der Waals surface area contributed by atoms with Gasteiger partial charge in [-0.15, -0.1) is 0 Å². The van der Waals surface area contributed by atoms with E-state index in [9.17, 15) is 14.7 Å². The molecular formula is C14H26O6. The summed E-state index contributed by atoms with van der Waals surface area (Å²) in [7, 11) is 1.41. The van der Waals surface area contributed by atoms with Crippen molar-refractivity contribution in [1.29, 1.82) is 0 Å². The summed E-state index contributed by atoms with van der Waals surface area (Å²) in [5, 5.41) is 18.3. The van der Waals surface area contributed by atoms with Gasteiger partial charge in [0.25, 0.3) is 0 Å². The third-order valence-corrected chi connectivity index (χ3v) is 4.42. The fourth-order valence-corrected chi connectivity index (χ4v) is 2.23. The lowest BCUT2D eigenvalue weighted by Gasteiger charge is -2.51. The topological polar surface area (TPSA) is 93.1 Å². The monoisotopic (exact) mass is 290 g/mol. The maximum Gasteiger partial charge on any atom is 0.309 e. The van der Waals surface area contributed by atoms with Gasteiger partial charge in [-0.1, -0.05) is 13.8 Å². The van der Waals surface area contributed by atoms with Gasteiger partial charge < -0.3 is 19.7 Å². The molecule has 0 bridgehead atoms. The minimum absolute atomic E-state index is 0.0797. The SMILES string of the molecule is CCOC(CCC(=O)O)(OC)C(C)(C)C(C)(C)C(=O)O. The van der Waals surface area contributed by atoms with E-state index in [0.29, 0.717) is 6.61 Å². The number of hydrogen-bond acceptors (Lipinski definition) is 4. The Labute approximate surface area is 120 Å². The van der Waals surface area contributed by atoms with Crippen LogP contribution in [0.15, 0.2) is 0 Å². The van der Waals surface area contributed by atoms with E-state index in [1.165, 1.54) is 7.11 Å². The van der Waals surface area contributed by atoms with Crippen LogP contribution in [-0.2, 0) is 19.1 Å². The average molecular weight is 290 g/mol. The Morgan fingerprint density at radius 2 is 1.60 bits per heavy atom. The Morgan fingerprint density at radius 3 is 1.90 bits per heavy atom. The van der Waals surface area contributed by atoms with Crippen molar-refractivity contribution in [3.05, 3.63) is 0 Å². The van der Waals surface area contributed by atoms with E-state index in [-0.39, 0.29) is 12.8 Å². The molecule has 2 N–H and O–H groups in total. The predicted octanol–water partition coefficient (Wildman–Crippen LogP) is 2.37. The summed E-state index contributed by atoms with van der Waals surface area (Å²) in [5.41, 5.74) is -2.09. The molecule has 0 heterocycles. The first-order valence-electron chi connectivity index (χ1n) is 6.62. The molecule has 1 atom stereocenters. The van der Waals surface area contributed by atoms with Crippen LogP contribution in [0.2, 0.25) is 0 Å². The second-order valence-corrected chi connectivity index (χ2v) is 5.84. The first-order valence-corrected chi connectivity index (χ1v) is 6.62. The molecule has 0 aromatic carbocycles. The summed E-state index contributed by atoms with van der Waals surface area (Å²) in [6.07, 6.45) is -0.0800. The lowest BCUT2D eigenvalue weighted by atomic mass is 9.62. The molecule has 0 aliphatic carbocycles. The normalized spacial score (nSPS) is 15.7. The summed E-state index contributed by atoms with van der Waals surface area (Å²) in [5.74, 6) is -3.24. The molecule has 6 nitrogen and oxygen atoms in total. The summed E-state index contributed by atoms with van der Waals surface area (Å²) in [6, 6.07) is 0. The first-order chi connectivity index (χ1) is 8.98. The smallest absolute Gasteiger partial charge is 0.309 e. The maximum absolute atomic E-state index is 11.5. The van der Waals surface area contributed by atoms with E-state index in [1.54, 1.807) is 34.6 Å². The third kappa shape index (κ3) is 3.30. The number of carboxylic acid groups (broad SMARTS) is 2. The molecule has 0 aliphatic heterocycles. The zero-order valence-electron chi connectivity index (χ0n) is 13.1. The van der Waals surface area contributed by atoms with Gasteiger partial charge in [-0.25, -0.2) is 0 Å². The molecule has 0 rings (SSSR count). The van der Waals surface area contributed by atoms with Gasteiger partial charge in [-0.05, 0) is 20.8 Å². The van der Waals surface area contributed by atoms with E-state index < -0.39 is 28.6 Å². The summed E-state index contributed by atoms with van der Waals surface area (Å²) < 4.78 is 11.2. The van der Waals surface area contributed by atoms with Gasteiger partial charge in [0.1, 0.15) is 0 Å². The molecule has 0 spiro atoms. The maximum atomic E-state index is 11.5. The van der Waals surface area contributed by atoms with Crippen LogP contribution in [0.3, 0.4) is 0 Å². The Hall–Kier alpha value is -1.14. The molecule has 0 fully saturated rings. The molecule has 0 radical (unpaired) electrons. The standard InChI is InChI=1S/C14H26O6/c1-7-20-14(19-6,9-8-10(15)16)13(4,5)12(2,3)11(17)18/h7-9H2,1-6H3,(H,15,16)(H,17,18). The first kappa shape index (κ1) is 18.9. The lowest BCUT2D eigenvalue weighted by Crippen LogP contribution is -2.58. The largest absolute Gasteiger partial charge is 0.481 e. The molecule has 20 heavy (non-hydrogen) atoms. The van der Waals surface area contributed by atoms with E-state index in [0.717, 1.165) is 0 Å². The number of ether oxygens (including phenoxy) is 2. The summed E-state index contributed by atoms with van der Waals surface area (Å²) in [4.78, 5) is 22.4. The zero-order valence-corrected chi connectivity index (χ0v) is 13.1. The van der Waals surface area contributed by atoms with E-state index >= 15 is 0 Å². The van der Waals surface area contributed by atoms with Crippen LogP contribution >= 0.6 is 0 Å². The average Bonchev–Trinajstić information content (AvgIpc) is 2.33. The predicted molar refractivity (Wildman–Crippen MR) is 73.4 cm³/mol. The van der Waals surface area contributed by atoms with Gasteiger partial charge in [-0.3, -0.25) is 9.59 Å². The van der Waals surface area contributed by atoms with Crippen LogP contribution in [0.25, 0.3) is 0 Å². The van der Waals surface area contributed by atoms with Crippen molar-refractivity contribution in [2.24, 2.45) is 10.8 Å². The summed E-state index contributed by atoms with van der Waals surface area (Å²) in [6.45, 7) is 8.68. The second kappa shape index (κ2) is 6.54. The highest BCUT2D eigenvalue weighted by molar-refractivity contribution is 5.75. The molecule has 0 saturated heterocycles. The van der Waals surface area contributed by atoms with Crippen molar-refractivity contribution in [3.8, 4) is 0 Å². The lowest BCUT2D eigenvalue weighted by molar-refractivity contribution is -0.305. The van der Waals surface area contributed by atoms with Gasteiger partial charge in [0, 0.05) is 25.6 Å². The zero-order chi connectivity index (χ0) is 16.2. The highest BCUT2D eigenvalue weighted by atomic mass is 16.7. The Bertz CT molecular complexity index is 361.